The Labute approximate surface area is 214 Å². The number of barbiturate groups is 1. The standard InChI is InChI=1S/C28H27N3O6/c1-5-36-24-10-8-7-9-23(24)31-26(33)22(25(32)29-28(31)35)16-20-15-17(3)30(18(20)4)21-13-11-19(12-14-21)27(34)37-6-2/h7-16H,5-6H2,1-4H3,(H,29,32,35)/b22-16+. The first-order chi connectivity index (χ1) is 17.8. The summed E-state index contributed by atoms with van der Waals surface area (Å²) in [6, 6.07) is 14.6. The van der Waals surface area contributed by atoms with Crippen LogP contribution in [0.4, 0.5) is 10.5 Å². The van der Waals surface area contributed by atoms with Crippen molar-refractivity contribution in [2.45, 2.75) is 27.7 Å². The highest BCUT2D eigenvalue weighted by molar-refractivity contribution is 6.39. The van der Waals surface area contributed by atoms with E-state index >= 15 is 0 Å². The minimum absolute atomic E-state index is 0.177. The first-order valence-corrected chi connectivity index (χ1v) is 11.9. The van der Waals surface area contributed by atoms with Gasteiger partial charge in [0, 0.05) is 17.1 Å². The van der Waals surface area contributed by atoms with E-state index in [2.05, 4.69) is 5.32 Å². The van der Waals surface area contributed by atoms with E-state index in [1.54, 1.807) is 62.4 Å². The summed E-state index contributed by atoms with van der Waals surface area (Å²) in [5.74, 6) is -1.56. The lowest BCUT2D eigenvalue weighted by molar-refractivity contribution is -0.122. The van der Waals surface area contributed by atoms with E-state index in [0.717, 1.165) is 22.0 Å². The number of esters is 1. The number of ether oxygens (including phenoxy) is 2. The number of aryl methyl sites for hydroxylation is 1. The van der Waals surface area contributed by atoms with Crippen molar-refractivity contribution in [1.82, 2.24) is 9.88 Å². The van der Waals surface area contributed by atoms with Crippen LogP contribution in [0.15, 0.2) is 60.2 Å². The zero-order chi connectivity index (χ0) is 26.7. The van der Waals surface area contributed by atoms with Gasteiger partial charge in [-0.3, -0.25) is 14.9 Å². The van der Waals surface area contributed by atoms with Crippen LogP contribution in [0.5, 0.6) is 5.75 Å². The Bertz CT molecular complexity index is 1420. The number of hydrogen-bond donors (Lipinski definition) is 1. The van der Waals surface area contributed by atoms with Crippen molar-refractivity contribution in [3.8, 4) is 11.4 Å². The maximum Gasteiger partial charge on any atom is 0.338 e. The zero-order valence-corrected chi connectivity index (χ0v) is 21.0. The van der Waals surface area contributed by atoms with Crippen LogP contribution in [0.25, 0.3) is 11.8 Å². The van der Waals surface area contributed by atoms with E-state index in [0.29, 0.717) is 30.1 Å². The molecule has 1 aliphatic heterocycles. The average Bonchev–Trinajstić information content (AvgIpc) is 3.15. The molecular weight excluding hydrogens is 474 g/mol. The van der Waals surface area contributed by atoms with E-state index < -0.39 is 23.8 Å². The highest BCUT2D eigenvalue weighted by atomic mass is 16.5. The maximum atomic E-state index is 13.4. The molecule has 0 unspecified atom stereocenters. The molecule has 0 aliphatic carbocycles. The van der Waals surface area contributed by atoms with Crippen LogP contribution >= 0.6 is 0 Å². The third-order valence-corrected chi connectivity index (χ3v) is 5.91. The molecule has 9 nitrogen and oxygen atoms in total. The fourth-order valence-electron chi connectivity index (χ4n) is 4.24. The number of nitrogens with one attached hydrogen (secondary N) is 1. The number of hydrogen-bond acceptors (Lipinski definition) is 6. The third kappa shape index (κ3) is 4.88. The lowest BCUT2D eigenvalue weighted by Gasteiger charge is -2.27. The summed E-state index contributed by atoms with van der Waals surface area (Å²) in [5, 5.41) is 2.25. The Morgan fingerprint density at radius 3 is 2.35 bits per heavy atom. The largest absolute Gasteiger partial charge is 0.492 e. The second-order valence-corrected chi connectivity index (χ2v) is 8.29. The Morgan fingerprint density at radius 1 is 0.973 bits per heavy atom. The number of carbonyl (C=O) groups excluding carboxylic acids is 4. The predicted octanol–water partition coefficient (Wildman–Crippen LogP) is 4.34. The van der Waals surface area contributed by atoms with E-state index in [4.69, 9.17) is 9.47 Å². The number of anilines is 1. The van der Waals surface area contributed by atoms with Gasteiger partial charge in [-0.15, -0.1) is 0 Å². The highest BCUT2D eigenvalue weighted by Gasteiger charge is 2.38. The summed E-state index contributed by atoms with van der Waals surface area (Å²) >= 11 is 0. The van der Waals surface area contributed by atoms with Crippen LogP contribution in [0, 0.1) is 13.8 Å². The zero-order valence-electron chi connectivity index (χ0n) is 21.0. The molecule has 0 atom stereocenters. The Kier molecular flexibility index (Phi) is 7.24. The van der Waals surface area contributed by atoms with Gasteiger partial charge in [0.1, 0.15) is 11.3 Å². The van der Waals surface area contributed by atoms with Crippen molar-refractivity contribution < 1.29 is 28.7 Å². The minimum Gasteiger partial charge on any atom is -0.492 e. The number of imide groups is 2. The molecule has 0 saturated carbocycles. The molecule has 2 aromatic carbocycles. The van der Waals surface area contributed by atoms with E-state index in [1.165, 1.54) is 6.08 Å². The Balaban J connectivity index is 1.70. The van der Waals surface area contributed by atoms with Gasteiger partial charge in [0.25, 0.3) is 11.8 Å². The van der Waals surface area contributed by atoms with Gasteiger partial charge in [-0.2, -0.15) is 0 Å². The molecule has 3 aromatic rings. The van der Waals surface area contributed by atoms with Gasteiger partial charge in [0.15, 0.2) is 0 Å². The van der Waals surface area contributed by atoms with Crippen LogP contribution in [-0.2, 0) is 14.3 Å². The second-order valence-electron chi connectivity index (χ2n) is 8.29. The van der Waals surface area contributed by atoms with Crippen molar-refractivity contribution in [2.75, 3.05) is 18.1 Å². The van der Waals surface area contributed by atoms with Gasteiger partial charge in [-0.05, 0) is 81.8 Å². The molecule has 1 fully saturated rings. The van der Waals surface area contributed by atoms with E-state index in [-0.39, 0.29) is 11.3 Å². The third-order valence-electron chi connectivity index (χ3n) is 5.91. The van der Waals surface area contributed by atoms with Gasteiger partial charge in [-0.1, -0.05) is 12.1 Å². The smallest absolute Gasteiger partial charge is 0.338 e. The fraction of sp³-hybridized carbons (Fsp3) is 0.214. The summed E-state index contributed by atoms with van der Waals surface area (Å²) in [7, 11) is 0. The van der Waals surface area contributed by atoms with Crippen LogP contribution in [0.3, 0.4) is 0 Å². The molecule has 0 spiro atoms. The van der Waals surface area contributed by atoms with Crippen LogP contribution < -0.4 is 15.0 Å². The van der Waals surface area contributed by atoms with Gasteiger partial charge in [0.05, 0.1) is 24.5 Å². The molecule has 37 heavy (non-hydrogen) atoms. The SMILES string of the molecule is CCOC(=O)c1ccc(-n2c(C)cc(/C=C3\C(=O)NC(=O)N(c4ccccc4OCC)C3=O)c2C)cc1. The summed E-state index contributed by atoms with van der Waals surface area (Å²) in [4.78, 5) is 51.6. The molecule has 1 aliphatic rings. The van der Waals surface area contributed by atoms with Gasteiger partial charge < -0.3 is 14.0 Å². The number of nitrogens with zero attached hydrogens (tertiary/aromatic N) is 2. The van der Waals surface area contributed by atoms with Crippen LogP contribution in [0.2, 0.25) is 0 Å². The minimum atomic E-state index is -0.841. The van der Waals surface area contributed by atoms with Crippen molar-refractivity contribution in [3.05, 3.63) is 82.7 Å². The number of benzene rings is 2. The fourth-order valence-corrected chi connectivity index (χ4v) is 4.24. The number of urea groups is 1. The van der Waals surface area contributed by atoms with Crippen LogP contribution in [-0.4, -0.2) is 41.6 Å². The second kappa shape index (κ2) is 10.5. The quantitative estimate of drug-likeness (QED) is 0.293. The summed E-state index contributed by atoms with van der Waals surface area (Å²) in [6.07, 6.45) is 1.48. The number of para-hydroxylation sites is 2. The van der Waals surface area contributed by atoms with Gasteiger partial charge in [-0.25, -0.2) is 14.5 Å². The maximum absolute atomic E-state index is 13.4. The summed E-state index contributed by atoms with van der Waals surface area (Å²) in [5.41, 5.74) is 3.57. The van der Waals surface area contributed by atoms with Crippen molar-refractivity contribution >= 4 is 35.6 Å². The highest BCUT2D eigenvalue weighted by Crippen LogP contribution is 2.32. The Hall–Kier alpha value is -4.66. The molecule has 2 heterocycles. The molecular formula is C28H27N3O6. The van der Waals surface area contributed by atoms with Gasteiger partial charge >= 0.3 is 12.0 Å². The molecule has 0 bridgehead atoms. The first-order valence-electron chi connectivity index (χ1n) is 11.9. The molecule has 0 radical (unpaired) electrons. The summed E-state index contributed by atoms with van der Waals surface area (Å²) in [6.45, 7) is 7.93. The molecule has 190 valence electrons. The van der Waals surface area contributed by atoms with Crippen molar-refractivity contribution in [1.29, 1.82) is 0 Å². The monoisotopic (exact) mass is 501 g/mol. The predicted molar refractivity (Wildman–Crippen MR) is 138 cm³/mol. The Morgan fingerprint density at radius 2 is 1.68 bits per heavy atom. The average molecular weight is 502 g/mol. The molecule has 1 N–H and O–H groups in total. The lowest BCUT2D eigenvalue weighted by Crippen LogP contribution is -2.54. The first kappa shape index (κ1) is 25.4. The molecule has 9 heteroatoms. The van der Waals surface area contributed by atoms with Crippen molar-refractivity contribution in [2.24, 2.45) is 0 Å². The lowest BCUT2D eigenvalue weighted by atomic mass is 10.1. The van der Waals surface area contributed by atoms with Gasteiger partial charge in [0.2, 0.25) is 0 Å². The normalized spacial score (nSPS) is 14.6. The topological polar surface area (TPSA) is 107 Å². The number of carbonyl (C=O) groups is 4. The van der Waals surface area contributed by atoms with Crippen LogP contribution in [0.1, 0.15) is 41.2 Å². The molecule has 4 amide bonds. The number of rotatable bonds is 7. The molecule has 4 rings (SSSR count). The van der Waals surface area contributed by atoms with E-state index in [9.17, 15) is 19.2 Å². The summed E-state index contributed by atoms with van der Waals surface area (Å²) < 4.78 is 12.6. The number of amides is 4. The molecule has 1 saturated heterocycles. The van der Waals surface area contributed by atoms with Crippen molar-refractivity contribution in [3.63, 3.8) is 0 Å². The molecule has 1 aromatic heterocycles. The number of aromatic nitrogens is 1. The van der Waals surface area contributed by atoms with E-state index in [1.807, 2.05) is 24.5 Å².